The molecule has 2 amide bonds. The number of benzene rings is 1. The van der Waals surface area contributed by atoms with Crippen molar-refractivity contribution < 1.29 is 4.79 Å². The van der Waals surface area contributed by atoms with Crippen LogP contribution in [0.1, 0.15) is 17.0 Å². The molecule has 112 valence electrons. The monoisotopic (exact) mass is 307 g/mol. The van der Waals surface area contributed by atoms with Gasteiger partial charge in [0.25, 0.3) is 0 Å². The minimum absolute atomic E-state index is 0.259. The van der Waals surface area contributed by atoms with Crippen LogP contribution in [0.5, 0.6) is 0 Å². The van der Waals surface area contributed by atoms with Crippen LogP contribution in [0.3, 0.4) is 0 Å². The second kappa shape index (κ2) is 6.58. The summed E-state index contributed by atoms with van der Waals surface area (Å²) in [5.41, 5.74) is 2.58. The first-order valence-corrected chi connectivity index (χ1v) is 7.00. The Morgan fingerprint density at radius 3 is 2.81 bits per heavy atom. The van der Waals surface area contributed by atoms with Crippen molar-refractivity contribution >= 4 is 23.3 Å². The van der Waals surface area contributed by atoms with Crippen LogP contribution in [0.2, 0.25) is 5.02 Å². The Kier molecular flexibility index (Phi) is 4.80. The van der Waals surface area contributed by atoms with Crippen LogP contribution in [0.4, 0.5) is 10.5 Å². The lowest BCUT2D eigenvalue weighted by Gasteiger charge is -2.13. The molecule has 0 spiro atoms. The fourth-order valence-corrected chi connectivity index (χ4v) is 2.15. The first-order chi connectivity index (χ1) is 9.99. The van der Waals surface area contributed by atoms with Crippen molar-refractivity contribution in [2.45, 2.75) is 20.3 Å². The van der Waals surface area contributed by atoms with E-state index < -0.39 is 0 Å². The second-order valence-electron chi connectivity index (χ2n) is 4.85. The highest BCUT2D eigenvalue weighted by Gasteiger charge is 2.10. The van der Waals surface area contributed by atoms with Crippen LogP contribution in [0.15, 0.2) is 18.5 Å². The molecule has 0 bridgehead atoms. The number of anilines is 1. The summed E-state index contributed by atoms with van der Waals surface area (Å²) in [6, 6.07) is 3.44. The van der Waals surface area contributed by atoms with E-state index in [9.17, 15) is 4.79 Å². The van der Waals surface area contributed by atoms with Gasteiger partial charge in [-0.25, -0.2) is 4.79 Å². The van der Waals surface area contributed by atoms with E-state index in [4.69, 9.17) is 11.6 Å². The zero-order valence-corrected chi connectivity index (χ0v) is 13.0. The molecular weight excluding hydrogens is 290 g/mol. The highest BCUT2D eigenvalue weighted by Crippen LogP contribution is 2.26. The molecule has 0 radical (unpaired) electrons. The molecule has 2 N–H and O–H groups in total. The zero-order valence-electron chi connectivity index (χ0n) is 12.3. The number of carbonyl (C=O) groups is 1. The highest BCUT2D eigenvalue weighted by atomic mass is 35.5. The number of rotatable bonds is 4. The number of nitrogens with one attached hydrogen (secondary N) is 2. The fraction of sp³-hybridized carbons (Fsp3) is 0.357. The van der Waals surface area contributed by atoms with E-state index >= 15 is 0 Å². The average Bonchev–Trinajstić information content (AvgIpc) is 2.85. The van der Waals surface area contributed by atoms with E-state index in [1.54, 1.807) is 6.33 Å². The highest BCUT2D eigenvalue weighted by molar-refractivity contribution is 6.31. The molecule has 0 saturated heterocycles. The van der Waals surface area contributed by atoms with Crippen LogP contribution in [0, 0.1) is 13.8 Å². The molecular formula is C14H18ClN5O. The summed E-state index contributed by atoms with van der Waals surface area (Å²) in [6.45, 7) is 4.29. The predicted octanol–water partition coefficient (Wildman–Crippen LogP) is 2.45. The topological polar surface area (TPSA) is 71.8 Å². The summed E-state index contributed by atoms with van der Waals surface area (Å²) in [7, 11) is 1.87. The molecule has 0 aliphatic heterocycles. The Morgan fingerprint density at radius 2 is 2.14 bits per heavy atom. The summed E-state index contributed by atoms with van der Waals surface area (Å²) < 4.78 is 1.82. The molecule has 1 aromatic heterocycles. The molecule has 1 heterocycles. The molecule has 0 fully saturated rings. The second-order valence-corrected chi connectivity index (χ2v) is 5.26. The minimum Gasteiger partial charge on any atom is -0.337 e. The molecule has 7 heteroatoms. The fourth-order valence-electron chi connectivity index (χ4n) is 1.99. The van der Waals surface area contributed by atoms with Crippen LogP contribution in [0.25, 0.3) is 0 Å². The maximum atomic E-state index is 11.9. The van der Waals surface area contributed by atoms with Crippen molar-refractivity contribution in [3.63, 3.8) is 0 Å². The summed E-state index contributed by atoms with van der Waals surface area (Å²) in [5, 5.41) is 14.0. The standard InChI is InChI=1S/C14H18ClN5O/c1-9-4-5-11(15)10(2)13(9)18-14(21)16-7-6-12-19-17-8-20(12)3/h4-5,8H,6-7H2,1-3H3,(H2,16,18,21). The van der Waals surface area contributed by atoms with Crippen molar-refractivity contribution in [3.8, 4) is 0 Å². The Bertz CT molecular complexity index is 653. The molecule has 0 unspecified atom stereocenters. The van der Waals surface area contributed by atoms with Gasteiger partial charge in [0.1, 0.15) is 12.2 Å². The van der Waals surface area contributed by atoms with Crippen molar-refractivity contribution in [1.29, 1.82) is 0 Å². The van der Waals surface area contributed by atoms with Crippen molar-refractivity contribution in [2.24, 2.45) is 7.05 Å². The Balaban J connectivity index is 1.91. The largest absolute Gasteiger partial charge is 0.337 e. The molecule has 0 aliphatic carbocycles. The van der Waals surface area contributed by atoms with Gasteiger partial charge in [-0.2, -0.15) is 0 Å². The number of nitrogens with zero attached hydrogens (tertiary/aromatic N) is 3. The van der Waals surface area contributed by atoms with Crippen LogP contribution in [-0.2, 0) is 13.5 Å². The summed E-state index contributed by atoms with van der Waals surface area (Å²) in [6.07, 6.45) is 2.26. The number of carbonyl (C=O) groups excluding carboxylic acids is 1. The quantitative estimate of drug-likeness (QED) is 0.911. The first-order valence-electron chi connectivity index (χ1n) is 6.62. The lowest BCUT2D eigenvalue weighted by Crippen LogP contribution is -2.31. The number of aromatic nitrogens is 3. The van der Waals surface area contributed by atoms with Gasteiger partial charge < -0.3 is 15.2 Å². The molecule has 6 nitrogen and oxygen atoms in total. The van der Waals surface area contributed by atoms with Gasteiger partial charge in [-0.05, 0) is 31.0 Å². The Morgan fingerprint density at radius 1 is 1.38 bits per heavy atom. The van der Waals surface area contributed by atoms with Crippen molar-refractivity contribution in [3.05, 3.63) is 40.4 Å². The van der Waals surface area contributed by atoms with Crippen LogP contribution in [-0.4, -0.2) is 27.3 Å². The summed E-state index contributed by atoms with van der Waals surface area (Å²) >= 11 is 6.07. The normalized spacial score (nSPS) is 10.5. The summed E-state index contributed by atoms with van der Waals surface area (Å²) in [4.78, 5) is 11.9. The number of halogens is 1. The smallest absolute Gasteiger partial charge is 0.319 e. The van der Waals surface area contributed by atoms with Crippen molar-refractivity contribution in [2.75, 3.05) is 11.9 Å². The van der Waals surface area contributed by atoms with E-state index in [2.05, 4.69) is 20.8 Å². The minimum atomic E-state index is -0.259. The lowest BCUT2D eigenvalue weighted by molar-refractivity contribution is 0.252. The van der Waals surface area contributed by atoms with E-state index in [1.807, 2.05) is 37.6 Å². The van der Waals surface area contributed by atoms with Crippen molar-refractivity contribution in [1.82, 2.24) is 20.1 Å². The third kappa shape index (κ3) is 3.72. The van der Waals surface area contributed by atoms with Gasteiger partial charge in [0.05, 0.1) is 0 Å². The van der Waals surface area contributed by atoms with Gasteiger partial charge in [0.2, 0.25) is 0 Å². The number of aryl methyl sites for hydroxylation is 2. The number of hydrogen-bond donors (Lipinski definition) is 2. The number of urea groups is 1. The maximum Gasteiger partial charge on any atom is 0.319 e. The number of hydrogen-bond acceptors (Lipinski definition) is 3. The van der Waals surface area contributed by atoms with Crippen LogP contribution < -0.4 is 10.6 Å². The molecule has 21 heavy (non-hydrogen) atoms. The van der Waals surface area contributed by atoms with E-state index in [0.29, 0.717) is 18.0 Å². The average molecular weight is 308 g/mol. The third-order valence-electron chi connectivity index (χ3n) is 3.29. The maximum absolute atomic E-state index is 11.9. The van der Waals surface area contributed by atoms with E-state index in [-0.39, 0.29) is 6.03 Å². The SMILES string of the molecule is Cc1ccc(Cl)c(C)c1NC(=O)NCCc1nncn1C. The predicted molar refractivity (Wildman–Crippen MR) is 82.7 cm³/mol. The molecule has 1 aromatic carbocycles. The van der Waals surface area contributed by atoms with Gasteiger partial charge in [0.15, 0.2) is 0 Å². The lowest BCUT2D eigenvalue weighted by atomic mass is 10.1. The van der Waals surface area contributed by atoms with Crippen LogP contribution >= 0.6 is 11.6 Å². The Hall–Kier alpha value is -2.08. The van der Waals surface area contributed by atoms with Gasteiger partial charge in [-0.3, -0.25) is 0 Å². The van der Waals surface area contributed by atoms with E-state index in [1.165, 1.54) is 0 Å². The molecule has 0 aliphatic rings. The molecule has 2 rings (SSSR count). The van der Waals surface area contributed by atoms with Gasteiger partial charge in [-0.1, -0.05) is 17.7 Å². The summed E-state index contributed by atoms with van der Waals surface area (Å²) in [5.74, 6) is 0.824. The van der Waals surface area contributed by atoms with E-state index in [0.717, 1.165) is 22.6 Å². The zero-order chi connectivity index (χ0) is 15.4. The molecule has 2 aromatic rings. The number of amides is 2. The molecule has 0 saturated carbocycles. The van der Waals surface area contributed by atoms with Gasteiger partial charge in [-0.15, -0.1) is 10.2 Å². The third-order valence-corrected chi connectivity index (χ3v) is 3.69. The van der Waals surface area contributed by atoms with Gasteiger partial charge in [0, 0.05) is 30.7 Å². The molecule has 0 atom stereocenters. The first kappa shape index (κ1) is 15.3. The Labute approximate surface area is 128 Å². The van der Waals surface area contributed by atoms with Gasteiger partial charge >= 0.3 is 6.03 Å².